The van der Waals surface area contributed by atoms with Gasteiger partial charge in [0.15, 0.2) is 0 Å². The maximum absolute atomic E-state index is 11.4. The maximum Gasteiger partial charge on any atom is 0.251 e. The summed E-state index contributed by atoms with van der Waals surface area (Å²) in [5.41, 5.74) is 1.85. The summed E-state index contributed by atoms with van der Waals surface area (Å²) in [7, 11) is 1.63. The van der Waals surface area contributed by atoms with Gasteiger partial charge in [-0.05, 0) is 24.6 Å². The minimum Gasteiger partial charge on any atom is -0.355 e. The van der Waals surface area contributed by atoms with Crippen molar-refractivity contribution in [1.29, 1.82) is 0 Å². The number of hydrogen-bond acceptors (Lipinski definition) is 4. The third-order valence-corrected chi connectivity index (χ3v) is 3.65. The van der Waals surface area contributed by atoms with E-state index in [1.54, 1.807) is 18.4 Å². The van der Waals surface area contributed by atoms with Crippen molar-refractivity contribution in [3.63, 3.8) is 0 Å². The first-order valence-electron chi connectivity index (χ1n) is 6.12. The normalized spacial score (nSPS) is 10.4. The summed E-state index contributed by atoms with van der Waals surface area (Å²) in [6.07, 6.45) is 1.90. The molecule has 1 heterocycles. The Morgan fingerprint density at radius 3 is 2.58 bits per heavy atom. The van der Waals surface area contributed by atoms with Crippen LogP contribution in [-0.2, 0) is 13.1 Å². The van der Waals surface area contributed by atoms with E-state index in [9.17, 15) is 4.79 Å². The van der Waals surface area contributed by atoms with Crippen molar-refractivity contribution in [2.75, 3.05) is 7.05 Å². The van der Waals surface area contributed by atoms with Gasteiger partial charge in [-0.25, -0.2) is 4.98 Å². The second-order valence-corrected chi connectivity index (χ2v) is 5.54. The van der Waals surface area contributed by atoms with Crippen molar-refractivity contribution in [2.24, 2.45) is 0 Å². The number of aromatic nitrogens is 1. The number of nitrogens with zero attached hydrogens (tertiary/aromatic N) is 1. The molecule has 19 heavy (non-hydrogen) atoms. The molecule has 0 radical (unpaired) electrons. The third-order valence-electron chi connectivity index (χ3n) is 2.74. The summed E-state index contributed by atoms with van der Waals surface area (Å²) in [4.78, 5) is 16.8. The predicted octanol–water partition coefficient (Wildman–Crippen LogP) is 2.10. The number of carbonyl (C=O) groups excluding carboxylic acids is 1. The molecule has 2 aromatic rings. The van der Waals surface area contributed by atoms with Crippen LogP contribution in [0.2, 0.25) is 0 Å². The zero-order valence-corrected chi connectivity index (χ0v) is 11.9. The Bertz CT molecular complexity index is 548. The monoisotopic (exact) mass is 275 g/mol. The van der Waals surface area contributed by atoms with Crippen LogP contribution < -0.4 is 10.6 Å². The van der Waals surface area contributed by atoms with Crippen LogP contribution in [0.25, 0.3) is 0 Å². The van der Waals surface area contributed by atoms with E-state index in [0.29, 0.717) is 5.56 Å². The van der Waals surface area contributed by atoms with Crippen LogP contribution in [0, 0.1) is 6.92 Å². The minimum atomic E-state index is -0.0559. The quantitative estimate of drug-likeness (QED) is 0.878. The Kier molecular flexibility index (Phi) is 4.65. The van der Waals surface area contributed by atoms with Crippen LogP contribution in [0.3, 0.4) is 0 Å². The Balaban J connectivity index is 1.84. The van der Waals surface area contributed by atoms with Gasteiger partial charge < -0.3 is 10.6 Å². The lowest BCUT2D eigenvalue weighted by atomic mass is 10.1. The van der Waals surface area contributed by atoms with Crippen LogP contribution in [0.1, 0.15) is 25.8 Å². The molecule has 0 bridgehead atoms. The second-order valence-electron chi connectivity index (χ2n) is 4.23. The molecule has 1 aromatic carbocycles. The van der Waals surface area contributed by atoms with E-state index in [1.165, 1.54) is 4.88 Å². The fourth-order valence-corrected chi connectivity index (χ4v) is 2.50. The molecule has 0 fully saturated rings. The number of benzene rings is 1. The van der Waals surface area contributed by atoms with Gasteiger partial charge >= 0.3 is 0 Å². The number of nitrogens with one attached hydrogen (secondary N) is 2. The van der Waals surface area contributed by atoms with Crippen molar-refractivity contribution in [3.05, 3.63) is 51.5 Å². The summed E-state index contributed by atoms with van der Waals surface area (Å²) in [5.74, 6) is -0.0559. The molecule has 0 aliphatic heterocycles. The van der Waals surface area contributed by atoms with Gasteiger partial charge in [0.05, 0.1) is 5.01 Å². The summed E-state index contributed by atoms with van der Waals surface area (Å²) in [5, 5.41) is 7.06. The molecule has 0 aliphatic carbocycles. The molecular formula is C14H17N3OS. The van der Waals surface area contributed by atoms with Gasteiger partial charge in [0.25, 0.3) is 5.91 Å². The standard InChI is InChI=1S/C14H17N3OS/c1-10-17-9-13(19-10)8-16-7-11-3-5-12(6-4-11)14(18)15-2/h3-6,9,16H,7-8H2,1-2H3,(H,15,18). The van der Waals surface area contributed by atoms with Crippen LogP contribution in [0.5, 0.6) is 0 Å². The summed E-state index contributed by atoms with van der Waals surface area (Å²) in [6.45, 7) is 3.61. The molecule has 1 aromatic heterocycles. The van der Waals surface area contributed by atoms with Gasteiger partial charge in [-0.2, -0.15) is 0 Å². The Morgan fingerprint density at radius 1 is 1.26 bits per heavy atom. The predicted molar refractivity (Wildman–Crippen MR) is 77.2 cm³/mol. The molecule has 2 rings (SSSR count). The van der Waals surface area contributed by atoms with Gasteiger partial charge in [0.1, 0.15) is 0 Å². The number of rotatable bonds is 5. The molecule has 0 atom stereocenters. The fraction of sp³-hybridized carbons (Fsp3) is 0.286. The number of aryl methyl sites for hydroxylation is 1. The highest BCUT2D eigenvalue weighted by Crippen LogP contribution is 2.11. The molecule has 4 nitrogen and oxygen atoms in total. The van der Waals surface area contributed by atoms with Crippen molar-refractivity contribution in [3.8, 4) is 0 Å². The van der Waals surface area contributed by atoms with Crippen molar-refractivity contribution in [2.45, 2.75) is 20.0 Å². The highest BCUT2D eigenvalue weighted by atomic mass is 32.1. The van der Waals surface area contributed by atoms with Gasteiger partial charge in [0, 0.05) is 36.8 Å². The fourth-order valence-electron chi connectivity index (χ4n) is 1.74. The second kappa shape index (κ2) is 6.45. The Labute approximate surface area is 116 Å². The molecule has 0 saturated carbocycles. The molecule has 100 valence electrons. The van der Waals surface area contributed by atoms with E-state index in [1.807, 2.05) is 37.4 Å². The first kappa shape index (κ1) is 13.7. The highest BCUT2D eigenvalue weighted by Gasteiger charge is 2.02. The third kappa shape index (κ3) is 3.87. The molecule has 0 aliphatic rings. The average molecular weight is 275 g/mol. The van der Waals surface area contributed by atoms with E-state index < -0.39 is 0 Å². The zero-order valence-electron chi connectivity index (χ0n) is 11.1. The van der Waals surface area contributed by atoms with Gasteiger partial charge in [-0.1, -0.05) is 12.1 Å². The maximum atomic E-state index is 11.4. The van der Waals surface area contributed by atoms with Crippen molar-refractivity contribution < 1.29 is 4.79 Å². The van der Waals surface area contributed by atoms with E-state index in [-0.39, 0.29) is 5.91 Å². The molecular weight excluding hydrogens is 258 g/mol. The molecule has 0 spiro atoms. The lowest BCUT2D eigenvalue weighted by Crippen LogP contribution is -2.18. The Hall–Kier alpha value is -1.72. The van der Waals surface area contributed by atoms with Crippen LogP contribution >= 0.6 is 11.3 Å². The molecule has 0 saturated heterocycles. The first-order valence-corrected chi connectivity index (χ1v) is 6.93. The van der Waals surface area contributed by atoms with E-state index in [2.05, 4.69) is 15.6 Å². The lowest BCUT2D eigenvalue weighted by molar-refractivity contribution is 0.0963. The number of hydrogen-bond donors (Lipinski definition) is 2. The first-order chi connectivity index (χ1) is 9.19. The van der Waals surface area contributed by atoms with Gasteiger partial charge in [0.2, 0.25) is 0 Å². The van der Waals surface area contributed by atoms with Crippen LogP contribution in [-0.4, -0.2) is 17.9 Å². The molecule has 5 heteroatoms. The van der Waals surface area contributed by atoms with Crippen molar-refractivity contribution in [1.82, 2.24) is 15.6 Å². The number of amides is 1. The van der Waals surface area contributed by atoms with E-state index >= 15 is 0 Å². The van der Waals surface area contributed by atoms with Gasteiger partial charge in [-0.15, -0.1) is 11.3 Å². The SMILES string of the molecule is CNC(=O)c1ccc(CNCc2cnc(C)s2)cc1. The summed E-state index contributed by atoms with van der Waals surface area (Å²) in [6, 6.07) is 7.62. The smallest absolute Gasteiger partial charge is 0.251 e. The lowest BCUT2D eigenvalue weighted by Gasteiger charge is -2.04. The topological polar surface area (TPSA) is 54.0 Å². The van der Waals surface area contributed by atoms with E-state index in [0.717, 1.165) is 23.7 Å². The van der Waals surface area contributed by atoms with Crippen LogP contribution in [0.15, 0.2) is 30.5 Å². The summed E-state index contributed by atoms with van der Waals surface area (Å²) < 4.78 is 0. The highest BCUT2D eigenvalue weighted by molar-refractivity contribution is 7.11. The van der Waals surface area contributed by atoms with E-state index in [4.69, 9.17) is 0 Å². The number of carbonyl (C=O) groups is 1. The molecule has 2 N–H and O–H groups in total. The summed E-state index contributed by atoms with van der Waals surface area (Å²) >= 11 is 1.71. The Morgan fingerprint density at radius 2 is 2.00 bits per heavy atom. The molecule has 0 unspecified atom stereocenters. The van der Waals surface area contributed by atoms with Crippen LogP contribution in [0.4, 0.5) is 0 Å². The zero-order chi connectivity index (χ0) is 13.7. The van der Waals surface area contributed by atoms with Crippen molar-refractivity contribution >= 4 is 17.2 Å². The minimum absolute atomic E-state index is 0.0559. The average Bonchev–Trinajstić information content (AvgIpc) is 2.84. The molecule has 1 amide bonds. The number of thiazole rings is 1. The largest absolute Gasteiger partial charge is 0.355 e. The van der Waals surface area contributed by atoms with Gasteiger partial charge in [-0.3, -0.25) is 4.79 Å².